The Morgan fingerprint density at radius 3 is 2.86 bits per heavy atom. The Morgan fingerprint density at radius 2 is 2.19 bits per heavy atom. The smallest absolute Gasteiger partial charge is 0.261 e. The van der Waals surface area contributed by atoms with Crippen molar-refractivity contribution in [1.82, 2.24) is 24.7 Å². The number of nitrogens with one attached hydrogen (secondary N) is 1. The summed E-state index contributed by atoms with van der Waals surface area (Å²) in [6.07, 6.45) is 1.50. The predicted molar refractivity (Wildman–Crippen MR) is 77.5 cm³/mol. The van der Waals surface area contributed by atoms with Gasteiger partial charge in [0, 0.05) is 0 Å². The van der Waals surface area contributed by atoms with E-state index < -0.39 is 0 Å². The number of hydrogen-bond donors (Lipinski definition) is 1. The largest absolute Gasteiger partial charge is 0.494 e. The maximum absolute atomic E-state index is 12.6. The number of hydrogen-bond acceptors (Lipinski definition) is 5. The standard InChI is InChI=1S/C14H15N5O2/c1-8(13-16-9(2)17-18-13)19-7-15-12-10(14(19)20)5-4-6-11(12)21-3/h4-8H,1-3H3,(H,16,17,18). The van der Waals surface area contributed by atoms with Crippen LogP contribution in [0.2, 0.25) is 0 Å². The van der Waals surface area contributed by atoms with Crippen LogP contribution in [0.4, 0.5) is 0 Å². The molecule has 0 aliphatic rings. The van der Waals surface area contributed by atoms with Crippen molar-refractivity contribution in [3.8, 4) is 5.75 Å². The fraction of sp³-hybridized carbons (Fsp3) is 0.286. The third kappa shape index (κ3) is 2.16. The molecular weight excluding hydrogens is 270 g/mol. The fourth-order valence-corrected chi connectivity index (χ4v) is 2.25. The lowest BCUT2D eigenvalue weighted by atomic mass is 10.2. The van der Waals surface area contributed by atoms with Gasteiger partial charge in [-0.15, -0.1) is 0 Å². The summed E-state index contributed by atoms with van der Waals surface area (Å²) in [7, 11) is 1.56. The highest BCUT2D eigenvalue weighted by Gasteiger charge is 2.16. The van der Waals surface area contributed by atoms with Crippen molar-refractivity contribution in [3.63, 3.8) is 0 Å². The minimum Gasteiger partial charge on any atom is -0.494 e. The van der Waals surface area contributed by atoms with Gasteiger partial charge in [0.05, 0.1) is 24.9 Å². The summed E-state index contributed by atoms with van der Waals surface area (Å²) in [6.45, 7) is 3.67. The molecule has 0 saturated heterocycles. The molecule has 0 bridgehead atoms. The summed E-state index contributed by atoms with van der Waals surface area (Å²) < 4.78 is 6.75. The second kappa shape index (κ2) is 5.01. The lowest BCUT2D eigenvalue weighted by Crippen LogP contribution is -2.25. The minimum absolute atomic E-state index is 0.145. The molecule has 1 N–H and O–H groups in total. The summed E-state index contributed by atoms with van der Waals surface area (Å²) in [5, 5.41) is 7.39. The van der Waals surface area contributed by atoms with Crippen LogP contribution < -0.4 is 10.3 Å². The molecule has 7 heteroatoms. The highest BCUT2D eigenvalue weighted by atomic mass is 16.5. The van der Waals surface area contributed by atoms with E-state index in [1.54, 1.807) is 25.3 Å². The molecule has 1 unspecified atom stereocenters. The van der Waals surface area contributed by atoms with Gasteiger partial charge in [-0.2, -0.15) is 5.10 Å². The second-order valence-corrected chi connectivity index (χ2v) is 4.77. The van der Waals surface area contributed by atoms with Crippen molar-refractivity contribution in [3.05, 3.63) is 46.5 Å². The zero-order chi connectivity index (χ0) is 15.0. The van der Waals surface area contributed by atoms with Gasteiger partial charge in [-0.3, -0.25) is 14.5 Å². The Kier molecular flexibility index (Phi) is 3.17. The number of aromatic nitrogens is 5. The van der Waals surface area contributed by atoms with Gasteiger partial charge in [0.15, 0.2) is 5.82 Å². The monoisotopic (exact) mass is 285 g/mol. The van der Waals surface area contributed by atoms with Crippen LogP contribution >= 0.6 is 0 Å². The maximum Gasteiger partial charge on any atom is 0.261 e. The first-order valence-electron chi connectivity index (χ1n) is 6.54. The van der Waals surface area contributed by atoms with Crippen LogP contribution in [0.5, 0.6) is 5.75 Å². The van der Waals surface area contributed by atoms with E-state index in [4.69, 9.17) is 4.74 Å². The Bertz CT molecular complexity index is 852. The van der Waals surface area contributed by atoms with E-state index in [1.807, 2.05) is 13.8 Å². The summed E-state index contributed by atoms with van der Waals surface area (Å²) in [6, 6.07) is 4.99. The summed E-state index contributed by atoms with van der Waals surface area (Å²) in [5.74, 6) is 1.84. The van der Waals surface area contributed by atoms with Crippen LogP contribution in [0.25, 0.3) is 10.9 Å². The highest BCUT2D eigenvalue weighted by molar-refractivity contribution is 5.83. The van der Waals surface area contributed by atoms with E-state index in [9.17, 15) is 4.79 Å². The third-order valence-corrected chi connectivity index (χ3v) is 3.40. The molecule has 0 radical (unpaired) electrons. The van der Waals surface area contributed by atoms with Crippen molar-refractivity contribution in [2.24, 2.45) is 0 Å². The Hall–Kier alpha value is -2.70. The first kappa shape index (κ1) is 13.3. The van der Waals surface area contributed by atoms with Gasteiger partial charge >= 0.3 is 0 Å². The number of rotatable bonds is 3. The van der Waals surface area contributed by atoms with Crippen LogP contribution in [-0.4, -0.2) is 31.8 Å². The molecule has 1 aromatic carbocycles. The molecule has 0 amide bonds. The molecule has 108 valence electrons. The van der Waals surface area contributed by atoms with Gasteiger partial charge in [0.25, 0.3) is 5.56 Å². The zero-order valence-corrected chi connectivity index (χ0v) is 12.0. The van der Waals surface area contributed by atoms with Crippen LogP contribution in [-0.2, 0) is 0 Å². The number of nitrogens with zero attached hydrogens (tertiary/aromatic N) is 4. The molecule has 21 heavy (non-hydrogen) atoms. The number of benzene rings is 1. The molecule has 1 atom stereocenters. The van der Waals surface area contributed by atoms with Gasteiger partial charge in [0.2, 0.25) is 0 Å². The van der Waals surface area contributed by atoms with E-state index in [0.29, 0.717) is 28.3 Å². The first-order valence-corrected chi connectivity index (χ1v) is 6.54. The van der Waals surface area contributed by atoms with E-state index in [2.05, 4.69) is 20.2 Å². The van der Waals surface area contributed by atoms with Crippen molar-refractivity contribution in [1.29, 1.82) is 0 Å². The average Bonchev–Trinajstić information content (AvgIpc) is 2.93. The SMILES string of the molecule is COc1cccc2c(=O)n(C(C)c3n[nH]c(C)n3)cnc12. The molecule has 0 spiro atoms. The number of para-hydroxylation sites is 1. The molecule has 3 rings (SSSR count). The molecule has 3 aromatic rings. The van der Waals surface area contributed by atoms with E-state index in [1.165, 1.54) is 10.9 Å². The number of aromatic amines is 1. The molecule has 0 aliphatic carbocycles. The molecule has 0 fully saturated rings. The first-order chi connectivity index (χ1) is 10.1. The molecule has 0 saturated carbocycles. The average molecular weight is 285 g/mol. The van der Waals surface area contributed by atoms with Crippen LogP contribution in [0.15, 0.2) is 29.3 Å². The predicted octanol–water partition coefficient (Wildman–Crippen LogP) is 1.44. The Labute approximate surface area is 120 Å². The lowest BCUT2D eigenvalue weighted by molar-refractivity contribution is 0.418. The van der Waals surface area contributed by atoms with Crippen molar-refractivity contribution in [2.75, 3.05) is 7.11 Å². The van der Waals surface area contributed by atoms with Gasteiger partial charge < -0.3 is 4.74 Å². The number of fused-ring (bicyclic) bond motifs is 1. The number of ether oxygens (including phenoxy) is 1. The van der Waals surface area contributed by atoms with Crippen molar-refractivity contribution < 1.29 is 4.74 Å². The van der Waals surface area contributed by atoms with Gasteiger partial charge in [-0.05, 0) is 26.0 Å². The van der Waals surface area contributed by atoms with Gasteiger partial charge in [0.1, 0.15) is 17.1 Å². The molecule has 2 heterocycles. The van der Waals surface area contributed by atoms with E-state index in [-0.39, 0.29) is 11.6 Å². The van der Waals surface area contributed by atoms with Crippen LogP contribution in [0.3, 0.4) is 0 Å². The maximum atomic E-state index is 12.6. The van der Waals surface area contributed by atoms with Gasteiger partial charge in [-0.1, -0.05) is 6.07 Å². The third-order valence-electron chi connectivity index (χ3n) is 3.40. The normalized spacial score (nSPS) is 12.5. The second-order valence-electron chi connectivity index (χ2n) is 4.77. The number of H-pyrrole nitrogens is 1. The van der Waals surface area contributed by atoms with E-state index in [0.717, 1.165) is 0 Å². The van der Waals surface area contributed by atoms with Crippen molar-refractivity contribution in [2.45, 2.75) is 19.9 Å². The number of aryl methyl sites for hydroxylation is 1. The van der Waals surface area contributed by atoms with Gasteiger partial charge in [-0.25, -0.2) is 9.97 Å². The minimum atomic E-state index is -0.300. The lowest BCUT2D eigenvalue weighted by Gasteiger charge is -2.12. The molecule has 2 aromatic heterocycles. The zero-order valence-electron chi connectivity index (χ0n) is 12.0. The van der Waals surface area contributed by atoms with E-state index >= 15 is 0 Å². The molecule has 7 nitrogen and oxygen atoms in total. The van der Waals surface area contributed by atoms with Crippen LogP contribution in [0.1, 0.15) is 24.6 Å². The van der Waals surface area contributed by atoms with Crippen LogP contribution in [0, 0.1) is 6.92 Å². The summed E-state index contributed by atoms with van der Waals surface area (Å²) >= 11 is 0. The molecular formula is C14H15N5O2. The summed E-state index contributed by atoms with van der Waals surface area (Å²) in [4.78, 5) is 21.2. The number of methoxy groups -OCH3 is 1. The summed E-state index contributed by atoms with van der Waals surface area (Å²) in [5.41, 5.74) is 0.411. The highest BCUT2D eigenvalue weighted by Crippen LogP contribution is 2.21. The Morgan fingerprint density at radius 1 is 1.38 bits per heavy atom. The Balaban J connectivity index is 2.17. The van der Waals surface area contributed by atoms with Crippen molar-refractivity contribution >= 4 is 10.9 Å². The molecule has 0 aliphatic heterocycles. The fourth-order valence-electron chi connectivity index (χ4n) is 2.25. The quantitative estimate of drug-likeness (QED) is 0.787. The topological polar surface area (TPSA) is 85.7 Å².